The Morgan fingerprint density at radius 2 is 1.94 bits per heavy atom. The Morgan fingerprint density at radius 3 is 2.50 bits per heavy atom. The molecule has 1 rings (SSSR count). The van der Waals surface area contributed by atoms with Crippen LogP contribution in [0.15, 0.2) is 24.3 Å². The second-order valence-corrected chi connectivity index (χ2v) is 5.15. The van der Waals surface area contributed by atoms with Crippen LogP contribution in [-0.2, 0) is 11.2 Å². The van der Waals surface area contributed by atoms with E-state index in [1.807, 2.05) is 38.1 Å². The van der Waals surface area contributed by atoms with Crippen LogP contribution < -0.4 is 11.1 Å². The van der Waals surface area contributed by atoms with Gasteiger partial charge in [0, 0.05) is 24.3 Å². The molecule has 0 fully saturated rings. The molecule has 0 saturated heterocycles. The molecule has 0 aliphatic heterocycles. The van der Waals surface area contributed by atoms with E-state index in [1.54, 1.807) is 0 Å². The molecule has 0 atom stereocenters. The Kier molecular flexibility index (Phi) is 5.16. The fourth-order valence-electron chi connectivity index (χ4n) is 1.72. The molecule has 0 bridgehead atoms. The van der Waals surface area contributed by atoms with E-state index in [4.69, 9.17) is 10.8 Å². The van der Waals surface area contributed by atoms with Gasteiger partial charge in [-0.15, -0.1) is 0 Å². The molecule has 1 aromatic rings. The van der Waals surface area contributed by atoms with Crippen molar-refractivity contribution in [2.45, 2.75) is 38.6 Å². The lowest BCUT2D eigenvalue weighted by Crippen LogP contribution is -2.44. The molecule has 0 aromatic heterocycles. The number of anilines is 1. The number of nitrogens with two attached hydrogens (primary N) is 1. The summed E-state index contributed by atoms with van der Waals surface area (Å²) in [5, 5.41) is 11.8. The number of hydrogen-bond acceptors (Lipinski definition) is 3. The minimum Gasteiger partial charge on any atom is -0.399 e. The molecule has 1 amide bonds. The van der Waals surface area contributed by atoms with E-state index < -0.39 is 0 Å². The van der Waals surface area contributed by atoms with Gasteiger partial charge >= 0.3 is 0 Å². The summed E-state index contributed by atoms with van der Waals surface area (Å²) in [7, 11) is 0. The monoisotopic (exact) mass is 250 g/mol. The Hall–Kier alpha value is -1.55. The van der Waals surface area contributed by atoms with Crippen molar-refractivity contribution in [3.05, 3.63) is 29.8 Å². The van der Waals surface area contributed by atoms with Crippen LogP contribution in [0.2, 0.25) is 0 Å². The van der Waals surface area contributed by atoms with Gasteiger partial charge in [-0.2, -0.15) is 0 Å². The number of aliphatic hydroxyl groups excluding tert-OH is 1. The van der Waals surface area contributed by atoms with Gasteiger partial charge in [-0.3, -0.25) is 4.79 Å². The zero-order valence-electron chi connectivity index (χ0n) is 11.1. The molecule has 0 heterocycles. The minimum atomic E-state index is -0.354. The number of carbonyl (C=O) groups is 1. The van der Waals surface area contributed by atoms with E-state index >= 15 is 0 Å². The first-order valence-electron chi connectivity index (χ1n) is 6.19. The lowest BCUT2D eigenvalue weighted by molar-refractivity contribution is -0.122. The van der Waals surface area contributed by atoms with Gasteiger partial charge in [0.25, 0.3) is 0 Å². The van der Waals surface area contributed by atoms with Crippen molar-refractivity contribution in [3.8, 4) is 0 Å². The molecule has 0 aliphatic carbocycles. The molecular formula is C14H22N2O2. The van der Waals surface area contributed by atoms with Crippen molar-refractivity contribution < 1.29 is 9.90 Å². The van der Waals surface area contributed by atoms with Crippen molar-refractivity contribution in [2.75, 3.05) is 12.3 Å². The van der Waals surface area contributed by atoms with E-state index in [1.165, 1.54) is 0 Å². The van der Waals surface area contributed by atoms with Gasteiger partial charge in [0.2, 0.25) is 5.91 Å². The maximum absolute atomic E-state index is 11.8. The van der Waals surface area contributed by atoms with Crippen molar-refractivity contribution in [1.29, 1.82) is 0 Å². The lowest BCUT2D eigenvalue weighted by atomic mass is 10.0. The van der Waals surface area contributed by atoms with Crippen LogP contribution in [0.4, 0.5) is 5.69 Å². The van der Waals surface area contributed by atoms with Crippen LogP contribution >= 0.6 is 0 Å². The zero-order chi connectivity index (χ0) is 13.6. The third-order valence-electron chi connectivity index (χ3n) is 2.84. The summed E-state index contributed by atoms with van der Waals surface area (Å²) in [5.41, 5.74) is 7.07. The number of rotatable bonds is 6. The highest BCUT2D eigenvalue weighted by Crippen LogP contribution is 2.10. The molecule has 4 nitrogen and oxygen atoms in total. The molecular weight excluding hydrogens is 228 g/mol. The topological polar surface area (TPSA) is 75.3 Å². The average Bonchev–Trinajstić information content (AvgIpc) is 2.27. The third kappa shape index (κ3) is 5.19. The first kappa shape index (κ1) is 14.5. The Morgan fingerprint density at radius 1 is 1.33 bits per heavy atom. The second-order valence-electron chi connectivity index (χ2n) is 5.15. The number of nitrogens with one attached hydrogen (secondary N) is 1. The smallest absolute Gasteiger partial charge is 0.220 e. The number of carbonyl (C=O) groups excluding carboxylic acids is 1. The average molecular weight is 250 g/mol. The van der Waals surface area contributed by atoms with E-state index in [-0.39, 0.29) is 18.1 Å². The number of hydrogen-bond donors (Lipinski definition) is 3. The van der Waals surface area contributed by atoms with Crippen LogP contribution in [0.25, 0.3) is 0 Å². The van der Waals surface area contributed by atoms with Gasteiger partial charge in [0.1, 0.15) is 0 Å². The van der Waals surface area contributed by atoms with Crippen molar-refractivity contribution in [3.63, 3.8) is 0 Å². The molecule has 0 spiro atoms. The number of benzene rings is 1. The maximum atomic E-state index is 11.8. The van der Waals surface area contributed by atoms with Gasteiger partial charge in [-0.1, -0.05) is 12.1 Å². The number of aliphatic hydroxyl groups is 1. The van der Waals surface area contributed by atoms with E-state index in [2.05, 4.69) is 5.32 Å². The Bertz CT molecular complexity index is 385. The number of aryl methyl sites for hydroxylation is 1. The van der Waals surface area contributed by atoms with Gasteiger partial charge in [-0.05, 0) is 44.4 Å². The molecule has 4 heteroatoms. The maximum Gasteiger partial charge on any atom is 0.220 e. The molecule has 4 N–H and O–H groups in total. The van der Waals surface area contributed by atoms with Gasteiger partial charge < -0.3 is 16.2 Å². The molecule has 1 aromatic carbocycles. The first-order chi connectivity index (χ1) is 8.43. The highest BCUT2D eigenvalue weighted by molar-refractivity contribution is 5.77. The van der Waals surface area contributed by atoms with Crippen LogP contribution in [0.1, 0.15) is 32.3 Å². The van der Waals surface area contributed by atoms with Crippen LogP contribution in [0.3, 0.4) is 0 Å². The van der Waals surface area contributed by atoms with Crippen molar-refractivity contribution >= 4 is 11.6 Å². The standard InChI is InChI=1S/C14H22N2O2/c1-14(2,9-10-17)16-13(18)8-5-11-3-6-12(15)7-4-11/h3-4,6-7,17H,5,8-10,15H2,1-2H3,(H,16,18). The SMILES string of the molecule is CC(C)(CCO)NC(=O)CCc1ccc(N)cc1. The van der Waals surface area contributed by atoms with E-state index in [9.17, 15) is 4.79 Å². The summed E-state index contributed by atoms with van der Waals surface area (Å²) in [6.45, 7) is 3.89. The fourth-order valence-corrected chi connectivity index (χ4v) is 1.72. The van der Waals surface area contributed by atoms with Gasteiger partial charge in [0.05, 0.1) is 0 Å². The van der Waals surface area contributed by atoms with Gasteiger partial charge in [-0.25, -0.2) is 0 Å². The third-order valence-corrected chi connectivity index (χ3v) is 2.84. The number of amides is 1. The quantitative estimate of drug-likeness (QED) is 0.669. The Balaban J connectivity index is 2.39. The predicted molar refractivity (Wildman–Crippen MR) is 73.1 cm³/mol. The summed E-state index contributed by atoms with van der Waals surface area (Å²) >= 11 is 0. The predicted octanol–water partition coefficient (Wildman–Crippen LogP) is 1.48. The van der Waals surface area contributed by atoms with Crippen molar-refractivity contribution in [2.24, 2.45) is 0 Å². The summed E-state index contributed by atoms with van der Waals surface area (Å²) in [6.07, 6.45) is 1.70. The molecule has 18 heavy (non-hydrogen) atoms. The summed E-state index contributed by atoms with van der Waals surface area (Å²) in [5.74, 6) is 0.00488. The van der Waals surface area contributed by atoms with Crippen molar-refractivity contribution in [1.82, 2.24) is 5.32 Å². The zero-order valence-corrected chi connectivity index (χ0v) is 11.1. The minimum absolute atomic E-state index is 0.00488. The normalized spacial score (nSPS) is 11.3. The van der Waals surface area contributed by atoms with Crippen LogP contribution in [0, 0.1) is 0 Å². The molecule has 0 aliphatic rings. The first-order valence-corrected chi connectivity index (χ1v) is 6.19. The fraction of sp³-hybridized carbons (Fsp3) is 0.500. The molecule has 0 saturated carbocycles. The summed E-state index contributed by atoms with van der Waals surface area (Å²) in [6, 6.07) is 7.54. The van der Waals surface area contributed by atoms with Crippen LogP contribution in [-0.4, -0.2) is 23.2 Å². The Labute approximate surface area is 108 Å². The summed E-state index contributed by atoms with van der Waals surface area (Å²) in [4.78, 5) is 11.8. The highest BCUT2D eigenvalue weighted by Gasteiger charge is 2.19. The van der Waals surface area contributed by atoms with E-state index in [0.29, 0.717) is 19.3 Å². The highest BCUT2D eigenvalue weighted by atomic mass is 16.3. The molecule has 0 radical (unpaired) electrons. The second kappa shape index (κ2) is 6.40. The van der Waals surface area contributed by atoms with Gasteiger partial charge in [0.15, 0.2) is 0 Å². The van der Waals surface area contributed by atoms with Crippen LogP contribution in [0.5, 0.6) is 0 Å². The summed E-state index contributed by atoms with van der Waals surface area (Å²) < 4.78 is 0. The number of nitrogen functional groups attached to an aromatic ring is 1. The lowest BCUT2D eigenvalue weighted by Gasteiger charge is -2.25. The largest absolute Gasteiger partial charge is 0.399 e. The molecule has 100 valence electrons. The molecule has 0 unspecified atom stereocenters. The van der Waals surface area contributed by atoms with E-state index in [0.717, 1.165) is 11.3 Å².